The molecule has 1 aromatic carbocycles. The van der Waals surface area contributed by atoms with Crippen LogP contribution in [0.1, 0.15) is 44.5 Å². The second kappa shape index (κ2) is 7.55. The number of amides is 1. The van der Waals surface area contributed by atoms with E-state index < -0.39 is 5.82 Å². The van der Waals surface area contributed by atoms with Crippen molar-refractivity contribution < 1.29 is 14.0 Å². The van der Waals surface area contributed by atoms with Crippen molar-refractivity contribution in [2.24, 2.45) is 0 Å². The van der Waals surface area contributed by atoms with Gasteiger partial charge >= 0.3 is 0 Å². The summed E-state index contributed by atoms with van der Waals surface area (Å²) in [5.74, 6) is -0.747. The molecule has 1 aromatic heterocycles. The van der Waals surface area contributed by atoms with Crippen molar-refractivity contribution in [3.8, 4) is 0 Å². The maximum Gasteiger partial charge on any atom is 0.254 e. The monoisotopic (exact) mass is 375 g/mol. The molecule has 0 aliphatic carbocycles. The fourth-order valence-corrected chi connectivity index (χ4v) is 4.20. The first kappa shape index (κ1) is 18.5. The van der Waals surface area contributed by atoms with Gasteiger partial charge in [0.15, 0.2) is 5.78 Å². The molecule has 1 saturated heterocycles. The Morgan fingerprint density at radius 1 is 1.31 bits per heavy atom. The minimum Gasteiger partial charge on any atom is -0.348 e. The Labute approximate surface area is 156 Å². The number of rotatable bonds is 5. The quantitative estimate of drug-likeness (QED) is 0.699. The average molecular weight is 375 g/mol. The summed E-state index contributed by atoms with van der Waals surface area (Å²) in [4.78, 5) is 25.3. The number of nitrogens with one attached hydrogen (secondary N) is 3. The highest BCUT2D eigenvalue weighted by molar-refractivity contribution is 7.18. The van der Waals surface area contributed by atoms with Crippen LogP contribution in [-0.2, 0) is 0 Å². The fraction of sp³-hybridized carbons (Fsp3) is 0.368. The van der Waals surface area contributed by atoms with Crippen LogP contribution in [0, 0.1) is 19.7 Å². The van der Waals surface area contributed by atoms with Crippen molar-refractivity contribution in [1.29, 1.82) is 0 Å². The number of carbonyl (C=O) groups is 2. The highest BCUT2D eigenvalue weighted by Gasteiger charge is 2.26. The molecule has 0 radical (unpaired) electrons. The molecule has 2 aromatic rings. The van der Waals surface area contributed by atoms with E-state index in [0.717, 1.165) is 25.1 Å². The number of Topliss-reactive ketones (excluding diaryl/α,β-unsaturated/α-hetero) is 1. The van der Waals surface area contributed by atoms with Crippen molar-refractivity contribution in [2.75, 3.05) is 18.4 Å². The number of aryl methyl sites for hydroxylation is 1. The summed E-state index contributed by atoms with van der Waals surface area (Å²) < 4.78 is 14.2. The molecule has 0 saturated carbocycles. The number of hydrogen-bond acceptors (Lipinski definition) is 5. The molecule has 3 rings (SSSR count). The maximum absolute atomic E-state index is 14.2. The number of hydrogen-bond donors (Lipinski definition) is 3. The van der Waals surface area contributed by atoms with Crippen molar-refractivity contribution in [2.45, 2.75) is 33.2 Å². The molecule has 1 aliphatic heterocycles. The highest BCUT2D eigenvalue weighted by Crippen LogP contribution is 2.36. The van der Waals surface area contributed by atoms with Gasteiger partial charge in [0.25, 0.3) is 5.91 Å². The molecule has 138 valence electrons. The number of thiophene rings is 1. The van der Waals surface area contributed by atoms with Crippen LogP contribution in [0.3, 0.4) is 0 Å². The van der Waals surface area contributed by atoms with Crippen LogP contribution in [0.5, 0.6) is 0 Å². The van der Waals surface area contributed by atoms with Crippen LogP contribution in [-0.4, -0.2) is 30.8 Å². The van der Waals surface area contributed by atoms with Crippen molar-refractivity contribution in [1.82, 2.24) is 10.6 Å². The van der Waals surface area contributed by atoms with E-state index in [2.05, 4.69) is 16.0 Å². The largest absolute Gasteiger partial charge is 0.348 e. The molecule has 3 N–H and O–H groups in total. The molecule has 7 heteroatoms. The summed E-state index contributed by atoms with van der Waals surface area (Å²) in [6.07, 6.45) is 0.865. The minimum atomic E-state index is -0.397. The van der Waals surface area contributed by atoms with E-state index in [1.54, 1.807) is 19.1 Å². The number of anilines is 2. The molecular weight excluding hydrogens is 353 g/mol. The third-order valence-electron chi connectivity index (χ3n) is 4.46. The molecule has 26 heavy (non-hydrogen) atoms. The zero-order valence-electron chi connectivity index (χ0n) is 15.0. The zero-order valence-corrected chi connectivity index (χ0v) is 15.8. The zero-order chi connectivity index (χ0) is 18.8. The first-order valence-corrected chi connectivity index (χ1v) is 9.37. The lowest BCUT2D eigenvalue weighted by Crippen LogP contribution is -2.36. The highest BCUT2D eigenvalue weighted by atomic mass is 32.1. The van der Waals surface area contributed by atoms with Gasteiger partial charge in [0.2, 0.25) is 0 Å². The third kappa shape index (κ3) is 3.78. The van der Waals surface area contributed by atoms with Crippen LogP contribution in [0.15, 0.2) is 18.2 Å². The number of halogens is 1. The second-order valence-corrected chi connectivity index (χ2v) is 7.61. The van der Waals surface area contributed by atoms with Crippen molar-refractivity contribution in [3.05, 3.63) is 45.6 Å². The van der Waals surface area contributed by atoms with E-state index in [1.807, 2.05) is 6.92 Å². The average Bonchev–Trinajstić information content (AvgIpc) is 3.18. The van der Waals surface area contributed by atoms with Gasteiger partial charge in [0, 0.05) is 12.6 Å². The van der Waals surface area contributed by atoms with E-state index in [9.17, 15) is 14.0 Å². The molecule has 5 nitrogen and oxygen atoms in total. The Kier molecular flexibility index (Phi) is 5.38. The van der Waals surface area contributed by atoms with Gasteiger partial charge in [0.1, 0.15) is 10.8 Å². The SMILES string of the molecule is CC(=O)c1sc(Nc2ccc(C)cc2F)c(C(=O)N[C@@H]2CCNC2)c1C. The smallest absolute Gasteiger partial charge is 0.254 e. The lowest BCUT2D eigenvalue weighted by molar-refractivity contribution is 0.0940. The number of carbonyl (C=O) groups excluding carboxylic acids is 2. The minimum absolute atomic E-state index is 0.0616. The van der Waals surface area contributed by atoms with Crippen LogP contribution >= 0.6 is 11.3 Å². The fourth-order valence-electron chi connectivity index (χ4n) is 3.09. The molecule has 1 atom stereocenters. The predicted octanol–water partition coefficient (Wildman–Crippen LogP) is 3.54. The van der Waals surface area contributed by atoms with Crippen LogP contribution in [0.25, 0.3) is 0 Å². The van der Waals surface area contributed by atoms with Crippen molar-refractivity contribution in [3.63, 3.8) is 0 Å². The lowest BCUT2D eigenvalue weighted by atomic mass is 10.1. The summed E-state index contributed by atoms with van der Waals surface area (Å²) >= 11 is 1.18. The van der Waals surface area contributed by atoms with Gasteiger partial charge in [-0.05, 0) is 57.0 Å². The van der Waals surface area contributed by atoms with Crippen LogP contribution < -0.4 is 16.0 Å². The summed E-state index contributed by atoms with van der Waals surface area (Å²) in [6.45, 7) is 6.63. The van der Waals surface area contributed by atoms with E-state index >= 15 is 0 Å². The molecule has 0 unspecified atom stereocenters. The standard InChI is InChI=1S/C19H22FN3O2S/c1-10-4-5-15(14(20)8-10)23-19-16(11(2)17(26-19)12(3)24)18(25)22-13-6-7-21-9-13/h4-5,8,13,21,23H,6-7,9H2,1-3H3,(H,22,25)/t13-/m1/s1. The molecule has 1 fully saturated rings. The summed E-state index contributed by atoms with van der Waals surface area (Å²) in [6, 6.07) is 4.92. The van der Waals surface area contributed by atoms with E-state index in [1.165, 1.54) is 24.3 Å². The van der Waals surface area contributed by atoms with Gasteiger partial charge in [-0.3, -0.25) is 9.59 Å². The summed E-state index contributed by atoms with van der Waals surface area (Å²) in [5.41, 5.74) is 2.13. The Morgan fingerprint density at radius 3 is 2.69 bits per heavy atom. The van der Waals surface area contributed by atoms with Crippen LogP contribution in [0.4, 0.5) is 15.1 Å². The molecule has 1 amide bonds. The van der Waals surface area contributed by atoms with E-state index in [4.69, 9.17) is 0 Å². The molecule has 0 spiro atoms. The Bertz CT molecular complexity index is 857. The topological polar surface area (TPSA) is 70.2 Å². The lowest BCUT2D eigenvalue weighted by Gasteiger charge is -2.13. The van der Waals surface area contributed by atoms with Crippen molar-refractivity contribution >= 4 is 33.7 Å². The number of ketones is 1. The van der Waals surface area contributed by atoms with Gasteiger partial charge in [-0.1, -0.05) is 6.07 Å². The molecule has 1 aliphatic rings. The van der Waals surface area contributed by atoms with E-state index in [0.29, 0.717) is 21.0 Å². The summed E-state index contributed by atoms with van der Waals surface area (Å²) in [7, 11) is 0. The Morgan fingerprint density at radius 2 is 2.08 bits per heavy atom. The van der Waals surface area contributed by atoms with Gasteiger partial charge in [-0.15, -0.1) is 11.3 Å². The summed E-state index contributed by atoms with van der Waals surface area (Å²) in [5, 5.41) is 9.69. The number of benzene rings is 1. The molecular formula is C19H22FN3O2S. The Hall–Kier alpha value is -2.25. The predicted molar refractivity (Wildman–Crippen MR) is 102 cm³/mol. The van der Waals surface area contributed by atoms with Gasteiger partial charge in [-0.25, -0.2) is 4.39 Å². The van der Waals surface area contributed by atoms with Crippen LogP contribution in [0.2, 0.25) is 0 Å². The first-order valence-electron chi connectivity index (χ1n) is 8.56. The normalized spacial score (nSPS) is 16.5. The van der Waals surface area contributed by atoms with Gasteiger partial charge in [0.05, 0.1) is 16.1 Å². The maximum atomic E-state index is 14.2. The van der Waals surface area contributed by atoms with Gasteiger partial charge < -0.3 is 16.0 Å². The van der Waals surface area contributed by atoms with Gasteiger partial charge in [-0.2, -0.15) is 0 Å². The Balaban J connectivity index is 1.96. The van der Waals surface area contributed by atoms with E-state index in [-0.39, 0.29) is 23.4 Å². The third-order valence-corrected chi connectivity index (χ3v) is 5.77. The molecule has 2 heterocycles. The first-order chi connectivity index (χ1) is 12.4. The second-order valence-electron chi connectivity index (χ2n) is 6.59. The molecule has 0 bridgehead atoms.